The zero-order valence-electron chi connectivity index (χ0n) is 11.1. The second-order valence-electron chi connectivity index (χ2n) is 4.70. The molecule has 0 saturated heterocycles. The van der Waals surface area contributed by atoms with Crippen LogP contribution >= 0.6 is 22.6 Å². The molecule has 0 aliphatic heterocycles. The summed E-state index contributed by atoms with van der Waals surface area (Å²) in [5.74, 6) is -0.692. The highest BCUT2D eigenvalue weighted by atomic mass is 127. The van der Waals surface area contributed by atoms with Gasteiger partial charge in [-0.15, -0.1) is 0 Å². The van der Waals surface area contributed by atoms with Gasteiger partial charge in [-0.25, -0.2) is 4.39 Å². The Kier molecular flexibility index (Phi) is 4.04. The molecular formula is C16H14FIO. The molecule has 98 valence electrons. The average molecular weight is 368 g/mol. The van der Waals surface area contributed by atoms with Crippen molar-refractivity contribution in [2.75, 3.05) is 0 Å². The monoisotopic (exact) mass is 368 g/mol. The molecule has 0 radical (unpaired) electrons. The van der Waals surface area contributed by atoms with Gasteiger partial charge in [0.2, 0.25) is 0 Å². The summed E-state index contributed by atoms with van der Waals surface area (Å²) in [4.78, 5) is 12.5. The lowest BCUT2D eigenvalue weighted by Gasteiger charge is -2.10. The van der Waals surface area contributed by atoms with Crippen LogP contribution in [0.1, 0.15) is 32.6 Å². The first-order chi connectivity index (χ1) is 8.91. The first-order valence-electron chi connectivity index (χ1n) is 5.98. The van der Waals surface area contributed by atoms with Crippen molar-refractivity contribution in [3.63, 3.8) is 0 Å². The highest BCUT2D eigenvalue weighted by molar-refractivity contribution is 14.1. The third-order valence-corrected chi connectivity index (χ3v) is 4.53. The highest BCUT2D eigenvalue weighted by Crippen LogP contribution is 2.24. The van der Waals surface area contributed by atoms with Crippen LogP contribution in [-0.4, -0.2) is 5.78 Å². The van der Waals surface area contributed by atoms with Gasteiger partial charge in [-0.1, -0.05) is 18.2 Å². The smallest absolute Gasteiger partial charge is 0.197 e. The van der Waals surface area contributed by atoms with Crippen LogP contribution in [0.5, 0.6) is 0 Å². The number of halogens is 2. The number of hydrogen-bond donors (Lipinski definition) is 0. The molecule has 0 bridgehead atoms. The van der Waals surface area contributed by atoms with E-state index >= 15 is 0 Å². The SMILES string of the molecule is Cc1cc(C)c(C(=O)c2cccc(C)c2I)c(F)c1. The van der Waals surface area contributed by atoms with E-state index in [4.69, 9.17) is 0 Å². The van der Waals surface area contributed by atoms with Gasteiger partial charge in [0.05, 0.1) is 5.56 Å². The van der Waals surface area contributed by atoms with E-state index < -0.39 is 5.82 Å². The van der Waals surface area contributed by atoms with E-state index in [1.807, 2.05) is 32.0 Å². The van der Waals surface area contributed by atoms with Crippen LogP contribution in [0, 0.1) is 30.2 Å². The lowest BCUT2D eigenvalue weighted by atomic mass is 9.96. The number of hydrogen-bond acceptors (Lipinski definition) is 1. The Hall–Kier alpha value is -1.23. The quantitative estimate of drug-likeness (QED) is 0.560. The molecule has 2 aromatic carbocycles. The normalized spacial score (nSPS) is 10.6. The second-order valence-corrected chi connectivity index (χ2v) is 5.78. The number of aryl methyl sites for hydroxylation is 3. The van der Waals surface area contributed by atoms with Crippen molar-refractivity contribution in [1.82, 2.24) is 0 Å². The zero-order valence-corrected chi connectivity index (χ0v) is 13.2. The predicted octanol–water partition coefficient (Wildman–Crippen LogP) is 4.59. The fourth-order valence-electron chi connectivity index (χ4n) is 2.16. The second kappa shape index (κ2) is 5.41. The maximum atomic E-state index is 14.1. The van der Waals surface area contributed by atoms with Crippen LogP contribution in [0.25, 0.3) is 0 Å². The van der Waals surface area contributed by atoms with Crippen molar-refractivity contribution in [1.29, 1.82) is 0 Å². The molecule has 0 unspecified atom stereocenters. The molecule has 0 spiro atoms. The minimum atomic E-state index is -0.445. The Bertz CT molecular complexity index is 639. The van der Waals surface area contributed by atoms with Gasteiger partial charge < -0.3 is 0 Å². The van der Waals surface area contributed by atoms with E-state index in [0.717, 1.165) is 14.7 Å². The number of carbonyl (C=O) groups is 1. The van der Waals surface area contributed by atoms with Crippen molar-refractivity contribution >= 4 is 28.4 Å². The van der Waals surface area contributed by atoms with Crippen LogP contribution in [0.4, 0.5) is 4.39 Å². The van der Waals surface area contributed by atoms with Crippen LogP contribution < -0.4 is 0 Å². The van der Waals surface area contributed by atoms with Gasteiger partial charge in [0.25, 0.3) is 0 Å². The van der Waals surface area contributed by atoms with Crippen molar-refractivity contribution in [3.8, 4) is 0 Å². The van der Waals surface area contributed by atoms with E-state index in [9.17, 15) is 9.18 Å². The van der Waals surface area contributed by atoms with Gasteiger partial charge in [-0.2, -0.15) is 0 Å². The zero-order chi connectivity index (χ0) is 14.2. The van der Waals surface area contributed by atoms with Gasteiger partial charge in [0.15, 0.2) is 5.78 Å². The standard InChI is InChI=1S/C16H14FIO/c1-9-7-11(3)14(13(17)8-9)16(19)12-6-4-5-10(2)15(12)18/h4-8H,1-3H3. The highest BCUT2D eigenvalue weighted by Gasteiger charge is 2.19. The maximum absolute atomic E-state index is 14.1. The number of carbonyl (C=O) groups excluding carboxylic acids is 1. The first kappa shape index (κ1) is 14.2. The van der Waals surface area contributed by atoms with Gasteiger partial charge >= 0.3 is 0 Å². The number of ketones is 1. The van der Waals surface area contributed by atoms with Crippen molar-refractivity contribution < 1.29 is 9.18 Å². The lowest BCUT2D eigenvalue weighted by molar-refractivity contribution is 0.103. The Labute approximate surface area is 126 Å². The molecule has 19 heavy (non-hydrogen) atoms. The third kappa shape index (κ3) is 2.71. The van der Waals surface area contributed by atoms with Crippen LogP contribution in [0.2, 0.25) is 0 Å². The van der Waals surface area contributed by atoms with Crippen molar-refractivity contribution in [2.45, 2.75) is 20.8 Å². The molecule has 0 saturated carbocycles. The molecule has 0 fully saturated rings. The minimum Gasteiger partial charge on any atom is -0.288 e. The van der Waals surface area contributed by atoms with Gasteiger partial charge in [0.1, 0.15) is 5.82 Å². The van der Waals surface area contributed by atoms with E-state index in [1.54, 1.807) is 13.0 Å². The topological polar surface area (TPSA) is 17.1 Å². The van der Waals surface area contributed by atoms with E-state index in [2.05, 4.69) is 22.6 Å². The number of rotatable bonds is 2. The molecule has 0 aliphatic rings. The van der Waals surface area contributed by atoms with Gasteiger partial charge in [-0.3, -0.25) is 4.79 Å². The third-order valence-electron chi connectivity index (χ3n) is 3.10. The summed E-state index contributed by atoms with van der Waals surface area (Å²) in [5, 5.41) is 0. The van der Waals surface area contributed by atoms with Gasteiger partial charge in [0, 0.05) is 9.13 Å². The summed E-state index contributed by atoms with van der Waals surface area (Å²) in [6, 6.07) is 8.75. The predicted molar refractivity (Wildman–Crippen MR) is 83.2 cm³/mol. The Morgan fingerprint density at radius 3 is 2.42 bits per heavy atom. The lowest BCUT2D eigenvalue weighted by Crippen LogP contribution is -2.09. The van der Waals surface area contributed by atoms with Crippen molar-refractivity contribution in [2.24, 2.45) is 0 Å². The summed E-state index contributed by atoms with van der Waals surface area (Å²) in [5.41, 5.74) is 3.27. The molecule has 1 nitrogen and oxygen atoms in total. The fourth-order valence-corrected chi connectivity index (χ4v) is 2.77. The molecule has 0 aromatic heterocycles. The van der Waals surface area contributed by atoms with Crippen LogP contribution in [-0.2, 0) is 0 Å². The largest absolute Gasteiger partial charge is 0.288 e. The molecule has 3 heteroatoms. The first-order valence-corrected chi connectivity index (χ1v) is 7.06. The average Bonchev–Trinajstić information content (AvgIpc) is 2.31. The molecule has 0 atom stereocenters. The molecule has 0 aliphatic carbocycles. The number of benzene rings is 2. The van der Waals surface area contributed by atoms with Gasteiger partial charge in [-0.05, 0) is 72.2 Å². The molecule has 0 N–H and O–H groups in total. The van der Waals surface area contributed by atoms with Crippen LogP contribution in [0.3, 0.4) is 0 Å². The summed E-state index contributed by atoms with van der Waals surface area (Å²) >= 11 is 2.13. The van der Waals surface area contributed by atoms with Crippen LogP contribution in [0.15, 0.2) is 30.3 Å². The molecule has 0 heterocycles. The molecular weight excluding hydrogens is 354 g/mol. The van der Waals surface area contributed by atoms with E-state index in [-0.39, 0.29) is 11.3 Å². The van der Waals surface area contributed by atoms with E-state index in [0.29, 0.717) is 11.1 Å². The fraction of sp³-hybridized carbons (Fsp3) is 0.188. The molecule has 0 amide bonds. The Balaban J connectivity index is 2.60. The minimum absolute atomic E-state index is 0.175. The summed E-state index contributed by atoms with van der Waals surface area (Å²) in [6.07, 6.45) is 0. The maximum Gasteiger partial charge on any atom is 0.197 e. The summed E-state index contributed by atoms with van der Waals surface area (Å²) < 4.78 is 14.9. The summed E-state index contributed by atoms with van der Waals surface area (Å²) in [6.45, 7) is 5.53. The Morgan fingerprint density at radius 2 is 1.79 bits per heavy atom. The van der Waals surface area contributed by atoms with E-state index in [1.165, 1.54) is 6.07 Å². The van der Waals surface area contributed by atoms with Crippen molar-refractivity contribution in [3.05, 3.63) is 67.5 Å². The molecule has 2 rings (SSSR count). The molecule has 2 aromatic rings. The summed E-state index contributed by atoms with van der Waals surface area (Å²) in [7, 11) is 0. The Morgan fingerprint density at radius 1 is 1.11 bits per heavy atom.